The Morgan fingerprint density at radius 3 is 2.94 bits per heavy atom. The second kappa shape index (κ2) is 4.35. The predicted molar refractivity (Wildman–Crippen MR) is 60.4 cm³/mol. The van der Waals surface area contributed by atoms with E-state index in [9.17, 15) is 0 Å². The summed E-state index contributed by atoms with van der Waals surface area (Å²) in [6, 6.07) is 0.246. The molecule has 2 fully saturated rings. The fourth-order valence-corrected chi connectivity index (χ4v) is 3.35. The maximum atomic E-state index is 5.89. The molecule has 3 rings (SSSR count). The van der Waals surface area contributed by atoms with Crippen LogP contribution in [0.1, 0.15) is 32.1 Å². The molecule has 3 heterocycles. The van der Waals surface area contributed by atoms with Crippen LogP contribution in [-0.4, -0.2) is 24.9 Å². The van der Waals surface area contributed by atoms with Gasteiger partial charge in [-0.25, -0.2) is 0 Å². The van der Waals surface area contributed by atoms with Crippen LogP contribution in [-0.2, 0) is 9.47 Å². The van der Waals surface area contributed by atoms with Crippen molar-refractivity contribution in [3.8, 4) is 0 Å². The summed E-state index contributed by atoms with van der Waals surface area (Å²) in [5, 5.41) is 0. The summed E-state index contributed by atoms with van der Waals surface area (Å²) in [6.45, 7) is 0.841. The summed E-state index contributed by atoms with van der Waals surface area (Å²) in [6.07, 6.45) is 8.57. The Labute approximate surface area is 96.1 Å². The van der Waals surface area contributed by atoms with E-state index < -0.39 is 0 Å². The molecule has 3 N–H and O–H groups in total. The predicted octanol–water partition coefficient (Wildman–Crippen LogP) is 1.08. The monoisotopic (exact) mass is 224 g/mol. The fraction of sp³-hybridized carbons (Fsp3) is 0.833. The zero-order valence-corrected chi connectivity index (χ0v) is 9.52. The lowest BCUT2D eigenvalue weighted by Crippen LogP contribution is -2.46. The van der Waals surface area contributed by atoms with E-state index in [1.165, 1.54) is 18.4 Å². The Balaban J connectivity index is 1.73. The summed E-state index contributed by atoms with van der Waals surface area (Å²) < 4.78 is 11.3. The number of nitrogens with two attached hydrogens (primary N) is 1. The highest BCUT2D eigenvalue weighted by Crippen LogP contribution is 2.42. The van der Waals surface area contributed by atoms with E-state index in [0.717, 1.165) is 25.9 Å². The molecule has 0 radical (unpaired) electrons. The largest absolute Gasteiger partial charge is 0.501 e. The summed E-state index contributed by atoms with van der Waals surface area (Å²) in [5.41, 5.74) is 4.28. The minimum atomic E-state index is 0.246. The van der Waals surface area contributed by atoms with Crippen LogP contribution in [0.2, 0.25) is 0 Å². The van der Waals surface area contributed by atoms with Gasteiger partial charge in [-0.15, -0.1) is 0 Å². The number of nitrogens with one attached hydrogen (secondary N) is 1. The van der Waals surface area contributed by atoms with Crippen LogP contribution in [0.3, 0.4) is 0 Å². The lowest BCUT2D eigenvalue weighted by molar-refractivity contribution is 0.0870. The minimum absolute atomic E-state index is 0.246. The SMILES string of the molecule is NNC(C1=COCCC1)C1CC2CCC1O2. The zero-order valence-electron chi connectivity index (χ0n) is 9.52. The molecule has 90 valence electrons. The molecule has 4 heteroatoms. The van der Waals surface area contributed by atoms with Crippen molar-refractivity contribution in [2.24, 2.45) is 11.8 Å². The van der Waals surface area contributed by atoms with E-state index in [1.807, 2.05) is 6.26 Å². The lowest BCUT2D eigenvalue weighted by atomic mass is 9.80. The normalized spacial score (nSPS) is 39.3. The third-order valence-electron chi connectivity index (χ3n) is 4.12. The van der Waals surface area contributed by atoms with E-state index in [-0.39, 0.29) is 6.04 Å². The first kappa shape index (κ1) is 10.6. The number of hydrogen-bond donors (Lipinski definition) is 2. The molecule has 4 unspecified atom stereocenters. The summed E-state index contributed by atoms with van der Waals surface area (Å²) in [7, 11) is 0. The van der Waals surface area contributed by atoms with Crippen LogP contribution in [0, 0.1) is 5.92 Å². The van der Waals surface area contributed by atoms with Gasteiger partial charge >= 0.3 is 0 Å². The molecule has 2 bridgehead atoms. The standard InChI is InChI=1S/C12H20N2O2/c13-14-12(8-2-1-5-15-7-8)10-6-9-3-4-11(10)16-9/h7,9-12,14H,1-6,13H2. The fourth-order valence-electron chi connectivity index (χ4n) is 3.35. The maximum absolute atomic E-state index is 5.89. The number of hydrogen-bond acceptors (Lipinski definition) is 4. The van der Waals surface area contributed by atoms with Gasteiger partial charge in [-0.3, -0.25) is 11.3 Å². The molecule has 0 saturated carbocycles. The molecule has 3 aliphatic rings. The van der Waals surface area contributed by atoms with Gasteiger partial charge in [-0.1, -0.05) is 0 Å². The molecule has 4 atom stereocenters. The van der Waals surface area contributed by atoms with Crippen LogP contribution in [0.4, 0.5) is 0 Å². The van der Waals surface area contributed by atoms with Gasteiger partial charge in [0.25, 0.3) is 0 Å². The molecule has 0 amide bonds. The van der Waals surface area contributed by atoms with E-state index >= 15 is 0 Å². The van der Waals surface area contributed by atoms with E-state index in [0.29, 0.717) is 18.1 Å². The van der Waals surface area contributed by atoms with Gasteiger partial charge in [0.05, 0.1) is 31.1 Å². The second-order valence-electron chi connectivity index (χ2n) is 5.08. The molecular formula is C12H20N2O2. The van der Waals surface area contributed by atoms with E-state index in [4.69, 9.17) is 15.3 Å². The van der Waals surface area contributed by atoms with Gasteiger partial charge in [0.2, 0.25) is 0 Å². The van der Waals surface area contributed by atoms with Crippen LogP contribution in [0.15, 0.2) is 11.8 Å². The average Bonchev–Trinajstić information content (AvgIpc) is 2.94. The minimum Gasteiger partial charge on any atom is -0.501 e. The summed E-state index contributed by atoms with van der Waals surface area (Å²) >= 11 is 0. The smallest absolute Gasteiger partial charge is 0.0876 e. The first-order chi connectivity index (χ1) is 7.88. The topological polar surface area (TPSA) is 56.5 Å². The Kier molecular flexibility index (Phi) is 2.88. The zero-order chi connectivity index (χ0) is 11.0. The van der Waals surface area contributed by atoms with Crippen LogP contribution < -0.4 is 11.3 Å². The maximum Gasteiger partial charge on any atom is 0.0876 e. The first-order valence-corrected chi connectivity index (χ1v) is 6.30. The first-order valence-electron chi connectivity index (χ1n) is 6.30. The van der Waals surface area contributed by atoms with Crippen molar-refractivity contribution in [1.82, 2.24) is 5.43 Å². The molecule has 0 spiro atoms. The van der Waals surface area contributed by atoms with Gasteiger partial charge in [-0.2, -0.15) is 0 Å². The van der Waals surface area contributed by atoms with Gasteiger partial charge in [-0.05, 0) is 37.7 Å². The van der Waals surface area contributed by atoms with E-state index in [2.05, 4.69) is 5.43 Å². The highest BCUT2D eigenvalue weighted by atomic mass is 16.5. The highest BCUT2D eigenvalue weighted by molar-refractivity contribution is 5.14. The van der Waals surface area contributed by atoms with Crippen LogP contribution in [0.25, 0.3) is 0 Å². The van der Waals surface area contributed by atoms with Crippen molar-refractivity contribution in [1.29, 1.82) is 0 Å². The van der Waals surface area contributed by atoms with Crippen molar-refractivity contribution in [3.63, 3.8) is 0 Å². The van der Waals surface area contributed by atoms with Crippen molar-refractivity contribution in [3.05, 3.63) is 11.8 Å². The third kappa shape index (κ3) is 1.75. The molecule has 4 nitrogen and oxygen atoms in total. The number of fused-ring (bicyclic) bond motifs is 2. The van der Waals surface area contributed by atoms with Crippen molar-refractivity contribution in [2.75, 3.05) is 6.61 Å². The Morgan fingerprint density at radius 1 is 1.44 bits per heavy atom. The molecule has 0 aromatic carbocycles. The average molecular weight is 224 g/mol. The van der Waals surface area contributed by atoms with Gasteiger partial charge in [0, 0.05) is 5.92 Å². The second-order valence-corrected chi connectivity index (χ2v) is 5.08. The molecule has 0 aliphatic carbocycles. The molecule has 0 aromatic rings. The van der Waals surface area contributed by atoms with Crippen molar-refractivity contribution < 1.29 is 9.47 Å². The third-order valence-corrected chi connectivity index (χ3v) is 4.12. The van der Waals surface area contributed by atoms with Gasteiger partial charge in [0.1, 0.15) is 0 Å². The molecule has 0 aromatic heterocycles. The number of hydrazine groups is 1. The molecule has 3 aliphatic heterocycles. The number of ether oxygens (including phenoxy) is 2. The van der Waals surface area contributed by atoms with Crippen molar-refractivity contribution in [2.45, 2.75) is 50.4 Å². The Bertz CT molecular complexity index is 293. The highest BCUT2D eigenvalue weighted by Gasteiger charge is 2.45. The molecular weight excluding hydrogens is 204 g/mol. The quantitative estimate of drug-likeness (QED) is 0.556. The van der Waals surface area contributed by atoms with Crippen LogP contribution >= 0.6 is 0 Å². The molecule has 2 saturated heterocycles. The molecule has 16 heavy (non-hydrogen) atoms. The Hall–Kier alpha value is -0.580. The van der Waals surface area contributed by atoms with Crippen molar-refractivity contribution >= 4 is 0 Å². The number of rotatable bonds is 3. The van der Waals surface area contributed by atoms with Gasteiger partial charge in [0.15, 0.2) is 0 Å². The summed E-state index contributed by atoms with van der Waals surface area (Å²) in [4.78, 5) is 0. The van der Waals surface area contributed by atoms with E-state index in [1.54, 1.807) is 0 Å². The lowest BCUT2D eigenvalue weighted by Gasteiger charge is -2.31. The Morgan fingerprint density at radius 2 is 2.38 bits per heavy atom. The summed E-state index contributed by atoms with van der Waals surface area (Å²) in [5.74, 6) is 6.25. The van der Waals surface area contributed by atoms with Crippen LogP contribution in [0.5, 0.6) is 0 Å². The van der Waals surface area contributed by atoms with Gasteiger partial charge < -0.3 is 9.47 Å².